The van der Waals surface area contributed by atoms with Crippen molar-refractivity contribution in [3.8, 4) is 5.88 Å². The van der Waals surface area contributed by atoms with Crippen LogP contribution in [0.25, 0.3) is 0 Å². The Kier molecular flexibility index (Phi) is 4.04. The molecule has 0 aromatic carbocycles. The maximum Gasteiger partial charge on any atom is 0.331 e. The van der Waals surface area contributed by atoms with Crippen LogP contribution in [0.1, 0.15) is 38.5 Å². The number of ether oxygens (including phenoxy) is 1. The first-order valence-corrected chi connectivity index (χ1v) is 10.1. The van der Waals surface area contributed by atoms with E-state index in [1.54, 1.807) is 6.07 Å². The first kappa shape index (κ1) is 16.9. The summed E-state index contributed by atoms with van der Waals surface area (Å²) in [4.78, 5) is 14.9. The van der Waals surface area contributed by atoms with Crippen molar-refractivity contribution in [2.24, 2.45) is 23.2 Å². The molecule has 1 N–H and O–H groups in total. The number of nitro groups is 1. The van der Waals surface area contributed by atoms with Crippen molar-refractivity contribution in [1.29, 1.82) is 0 Å². The number of pyridine rings is 1. The maximum atomic E-state index is 11.3. The predicted molar refractivity (Wildman–Crippen MR) is 101 cm³/mol. The minimum absolute atomic E-state index is 0.0774. The van der Waals surface area contributed by atoms with Gasteiger partial charge in [-0.3, -0.25) is 10.1 Å². The van der Waals surface area contributed by atoms with Gasteiger partial charge in [-0.15, -0.1) is 0 Å². The van der Waals surface area contributed by atoms with Crippen molar-refractivity contribution in [3.05, 3.63) is 52.4 Å². The van der Waals surface area contributed by atoms with Crippen molar-refractivity contribution in [1.82, 2.24) is 10.3 Å². The first-order valence-electron chi connectivity index (χ1n) is 10.1. The number of allylic oxidation sites excluding steroid dienone is 3. The van der Waals surface area contributed by atoms with Gasteiger partial charge in [0.2, 0.25) is 0 Å². The third-order valence-corrected chi connectivity index (χ3v) is 7.29. The highest BCUT2D eigenvalue weighted by Crippen LogP contribution is 2.60. The van der Waals surface area contributed by atoms with Gasteiger partial charge in [-0.25, -0.2) is 4.98 Å². The molecule has 27 heavy (non-hydrogen) atoms. The number of nitrogens with zero attached hydrogens (tertiary/aromatic N) is 2. The fraction of sp³-hybridized carbons (Fsp3) is 0.571. The molecule has 6 nitrogen and oxygen atoms in total. The van der Waals surface area contributed by atoms with Crippen LogP contribution in [-0.4, -0.2) is 22.5 Å². The summed E-state index contributed by atoms with van der Waals surface area (Å²) in [6.07, 6.45) is 15.7. The number of rotatable bonds is 3. The third kappa shape index (κ3) is 2.69. The van der Waals surface area contributed by atoms with Gasteiger partial charge in [0.25, 0.3) is 5.88 Å². The van der Waals surface area contributed by atoms with E-state index in [1.165, 1.54) is 50.8 Å². The molecule has 0 spiro atoms. The van der Waals surface area contributed by atoms with E-state index in [2.05, 4.69) is 22.5 Å². The molecule has 3 aliphatic carbocycles. The van der Waals surface area contributed by atoms with E-state index in [-0.39, 0.29) is 11.6 Å². The molecule has 0 radical (unpaired) electrons. The number of hydrogen-bond acceptors (Lipinski definition) is 5. The van der Waals surface area contributed by atoms with E-state index >= 15 is 0 Å². The fourth-order valence-electron chi connectivity index (χ4n) is 6.25. The van der Waals surface area contributed by atoms with Crippen LogP contribution < -0.4 is 10.1 Å². The van der Waals surface area contributed by atoms with Crippen LogP contribution in [0.15, 0.2) is 42.3 Å². The highest BCUT2D eigenvalue weighted by molar-refractivity contribution is 5.42. The number of aromatic nitrogens is 1. The number of hydrogen-bond donors (Lipinski definition) is 1. The zero-order chi connectivity index (χ0) is 18.4. The van der Waals surface area contributed by atoms with Gasteiger partial charge in [-0.05, 0) is 73.6 Å². The van der Waals surface area contributed by atoms with Crippen molar-refractivity contribution >= 4 is 5.69 Å². The van der Waals surface area contributed by atoms with Gasteiger partial charge < -0.3 is 10.1 Å². The summed E-state index contributed by atoms with van der Waals surface area (Å²) in [5.41, 5.74) is 0.264. The average Bonchev–Trinajstić information content (AvgIpc) is 2.69. The average molecular weight is 367 g/mol. The Balaban J connectivity index is 1.47. The van der Waals surface area contributed by atoms with Crippen molar-refractivity contribution in [2.45, 2.75) is 44.6 Å². The lowest BCUT2D eigenvalue weighted by atomic mass is 9.47. The Labute approximate surface area is 158 Å². The molecule has 5 rings (SSSR count). The van der Waals surface area contributed by atoms with Gasteiger partial charge in [0.05, 0.1) is 4.92 Å². The second-order valence-electron chi connectivity index (χ2n) is 8.44. The highest BCUT2D eigenvalue weighted by Gasteiger charge is 2.56. The number of nitrogens with one attached hydrogen (secondary N) is 1. The van der Waals surface area contributed by atoms with Crippen LogP contribution in [-0.2, 0) is 0 Å². The summed E-state index contributed by atoms with van der Waals surface area (Å²) in [7, 11) is 0. The molecule has 1 aromatic heterocycles. The molecule has 142 valence electrons. The van der Waals surface area contributed by atoms with Gasteiger partial charge in [0.1, 0.15) is 5.76 Å². The first-order chi connectivity index (χ1) is 13.2. The second-order valence-corrected chi connectivity index (χ2v) is 8.44. The highest BCUT2D eigenvalue weighted by atomic mass is 16.6. The van der Waals surface area contributed by atoms with Gasteiger partial charge in [-0.1, -0.05) is 18.9 Å². The Bertz CT molecular complexity index is 817. The third-order valence-electron chi connectivity index (χ3n) is 7.29. The predicted octanol–water partition coefficient (Wildman–Crippen LogP) is 4.00. The van der Waals surface area contributed by atoms with E-state index in [0.717, 1.165) is 12.5 Å². The molecule has 3 fully saturated rings. The summed E-state index contributed by atoms with van der Waals surface area (Å²) in [5.74, 6) is 2.52. The molecule has 5 atom stereocenters. The molecular formula is C21H25N3O3. The summed E-state index contributed by atoms with van der Waals surface area (Å²) in [5, 5.41) is 15.0. The molecule has 4 aliphatic rings. The number of piperidine rings is 1. The van der Waals surface area contributed by atoms with E-state index in [0.29, 0.717) is 29.1 Å². The summed E-state index contributed by atoms with van der Waals surface area (Å²) < 4.78 is 5.92. The molecule has 3 unspecified atom stereocenters. The Morgan fingerprint density at radius 2 is 2.26 bits per heavy atom. The molecule has 1 aliphatic heterocycles. The molecular weight excluding hydrogens is 342 g/mol. The Morgan fingerprint density at radius 3 is 3.15 bits per heavy atom. The van der Waals surface area contributed by atoms with Gasteiger partial charge in [0, 0.05) is 18.3 Å². The second kappa shape index (κ2) is 6.44. The SMILES string of the molecule is O=[N+]([O-])c1cccnc1OC1=CC2C(C=C1)C[C@@H]1NCCC23CCCC[C@H]13. The summed E-state index contributed by atoms with van der Waals surface area (Å²) >= 11 is 0. The molecule has 2 saturated carbocycles. The Hall–Kier alpha value is -2.21. The molecule has 0 amide bonds. The van der Waals surface area contributed by atoms with E-state index in [1.807, 2.05) is 6.08 Å². The van der Waals surface area contributed by atoms with Crippen LogP contribution in [0.5, 0.6) is 5.88 Å². The van der Waals surface area contributed by atoms with Crippen LogP contribution in [0.2, 0.25) is 0 Å². The van der Waals surface area contributed by atoms with Crippen LogP contribution in [0.3, 0.4) is 0 Å². The van der Waals surface area contributed by atoms with Gasteiger partial charge in [0.15, 0.2) is 0 Å². The lowest BCUT2D eigenvalue weighted by molar-refractivity contribution is -0.386. The number of fused-ring (bicyclic) bond motifs is 1. The fourth-order valence-corrected chi connectivity index (χ4v) is 6.25. The minimum atomic E-state index is -0.438. The zero-order valence-corrected chi connectivity index (χ0v) is 15.3. The monoisotopic (exact) mass is 367 g/mol. The van der Waals surface area contributed by atoms with Crippen LogP contribution >= 0.6 is 0 Å². The van der Waals surface area contributed by atoms with Crippen molar-refractivity contribution < 1.29 is 9.66 Å². The topological polar surface area (TPSA) is 77.3 Å². The maximum absolute atomic E-state index is 11.3. The van der Waals surface area contributed by atoms with E-state index in [4.69, 9.17) is 4.74 Å². The largest absolute Gasteiger partial charge is 0.434 e. The smallest absolute Gasteiger partial charge is 0.331 e. The molecule has 2 heterocycles. The molecule has 6 heteroatoms. The summed E-state index contributed by atoms with van der Waals surface area (Å²) in [6.45, 7) is 1.10. The minimum Gasteiger partial charge on any atom is -0.434 e. The van der Waals surface area contributed by atoms with Crippen LogP contribution in [0, 0.1) is 33.3 Å². The molecule has 1 saturated heterocycles. The van der Waals surface area contributed by atoms with E-state index < -0.39 is 4.92 Å². The Morgan fingerprint density at radius 1 is 1.33 bits per heavy atom. The van der Waals surface area contributed by atoms with E-state index in [9.17, 15) is 10.1 Å². The molecule has 2 bridgehead atoms. The van der Waals surface area contributed by atoms with Crippen molar-refractivity contribution in [3.63, 3.8) is 0 Å². The van der Waals surface area contributed by atoms with Crippen molar-refractivity contribution in [2.75, 3.05) is 6.54 Å². The normalized spacial score (nSPS) is 37.0. The van der Waals surface area contributed by atoms with Gasteiger partial charge >= 0.3 is 5.69 Å². The lowest BCUT2D eigenvalue weighted by Crippen LogP contribution is -2.61. The van der Waals surface area contributed by atoms with Gasteiger partial charge in [-0.2, -0.15) is 0 Å². The lowest BCUT2D eigenvalue weighted by Gasteiger charge is -2.61. The van der Waals surface area contributed by atoms with Crippen LogP contribution in [0.4, 0.5) is 5.69 Å². The molecule has 1 aromatic rings. The zero-order valence-electron chi connectivity index (χ0n) is 15.3. The summed E-state index contributed by atoms with van der Waals surface area (Å²) in [6, 6.07) is 3.64. The standard InChI is InChI=1S/C21H25N3O3/c25-24(26)19-5-3-10-23-20(19)27-15-7-6-14-12-18-16-4-1-2-8-21(16,9-11-22-18)17(14)13-15/h3,5-7,10,13-14,16-18,22H,1-2,4,8-9,11-12H2/t14?,16-,17?,18+,21?/m1/s1. The quantitative estimate of drug-likeness (QED) is 0.645.